The van der Waals surface area contributed by atoms with Crippen molar-refractivity contribution in [3.63, 3.8) is 0 Å². The number of nitrogens with two attached hydrogens (primary N) is 1. The van der Waals surface area contributed by atoms with Crippen LogP contribution in [-0.4, -0.2) is 19.3 Å². The van der Waals surface area contributed by atoms with Gasteiger partial charge < -0.3 is 10.5 Å². The summed E-state index contributed by atoms with van der Waals surface area (Å²) in [6, 6.07) is 4.48. The van der Waals surface area contributed by atoms with E-state index in [9.17, 15) is 0 Å². The fraction of sp³-hybridized carbons (Fsp3) is 0.636. The van der Waals surface area contributed by atoms with Crippen LogP contribution in [0.15, 0.2) is 15.9 Å². The molecule has 2 heterocycles. The molecule has 1 aliphatic heterocycles. The molecule has 1 aliphatic rings. The van der Waals surface area contributed by atoms with Crippen molar-refractivity contribution in [2.75, 3.05) is 13.2 Å². The van der Waals surface area contributed by atoms with E-state index in [1.165, 1.54) is 15.1 Å². The van der Waals surface area contributed by atoms with E-state index < -0.39 is 0 Å². The van der Waals surface area contributed by atoms with Crippen molar-refractivity contribution < 1.29 is 4.74 Å². The maximum atomic E-state index is 6.20. The van der Waals surface area contributed by atoms with Gasteiger partial charge in [0.15, 0.2) is 0 Å². The van der Waals surface area contributed by atoms with E-state index in [-0.39, 0.29) is 6.04 Å². The monoisotopic (exact) mass is 289 g/mol. The average Bonchev–Trinajstić information content (AvgIpc) is 2.65. The minimum Gasteiger partial charge on any atom is -0.381 e. The Morgan fingerprint density at radius 2 is 2.47 bits per heavy atom. The Hall–Kier alpha value is 0.1000. The SMILES string of the molecule is NC(Cc1ccc(Br)s1)C1CCCOC1. The topological polar surface area (TPSA) is 35.2 Å². The van der Waals surface area contributed by atoms with E-state index in [4.69, 9.17) is 10.5 Å². The molecule has 2 nitrogen and oxygen atoms in total. The summed E-state index contributed by atoms with van der Waals surface area (Å²) >= 11 is 5.25. The van der Waals surface area contributed by atoms with Crippen molar-refractivity contribution in [2.45, 2.75) is 25.3 Å². The highest BCUT2D eigenvalue weighted by atomic mass is 79.9. The Morgan fingerprint density at radius 1 is 1.60 bits per heavy atom. The molecule has 2 rings (SSSR count). The summed E-state index contributed by atoms with van der Waals surface area (Å²) in [4.78, 5) is 1.36. The molecule has 0 bridgehead atoms. The van der Waals surface area contributed by atoms with Gasteiger partial charge in [-0.25, -0.2) is 0 Å². The third kappa shape index (κ3) is 3.28. The van der Waals surface area contributed by atoms with Gasteiger partial charge in [-0.2, -0.15) is 0 Å². The molecule has 0 aliphatic carbocycles. The molecule has 2 atom stereocenters. The largest absolute Gasteiger partial charge is 0.381 e. The minimum absolute atomic E-state index is 0.246. The van der Waals surface area contributed by atoms with Gasteiger partial charge in [0.05, 0.1) is 10.4 Å². The summed E-state index contributed by atoms with van der Waals surface area (Å²) in [5, 5.41) is 0. The van der Waals surface area contributed by atoms with E-state index in [0.29, 0.717) is 5.92 Å². The Kier molecular flexibility index (Phi) is 4.20. The molecular weight excluding hydrogens is 274 g/mol. The molecule has 84 valence electrons. The highest BCUT2D eigenvalue weighted by Gasteiger charge is 2.21. The fourth-order valence-electron chi connectivity index (χ4n) is 1.96. The minimum atomic E-state index is 0.246. The van der Waals surface area contributed by atoms with Crippen LogP contribution in [0.1, 0.15) is 17.7 Å². The molecular formula is C11H16BrNOS. The van der Waals surface area contributed by atoms with Crippen LogP contribution in [0.5, 0.6) is 0 Å². The maximum absolute atomic E-state index is 6.20. The first-order valence-corrected chi connectivity index (χ1v) is 6.94. The molecule has 4 heteroatoms. The number of hydrogen-bond donors (Lipinski definition) is 1. The molecule has 1 aromatic heterocycles. The molecule has 2 unspecified atom stereocenters. The molecule has 0 radical (unpaired) electrons. The summed E-state index contributed by atoms with van der Waals surface area (Å²) < 4.78 is 6.65. The maximum Gasteiger partial charge on any atom is 0.0701 e. The van der Waals surface area contributed by atoms with Gasteiger partial charge in [0.25, 0.3) is 0 Å². The highest BCUT2D eigenvalue weighted by Crippen LogP contribution is 2.25. The van der Waals surface area contributed by atoms with Gasteiger partial charge in [-0.1, -0.05) is 0 Å². The van der Waals surface area contributed by atoms with Crippen molar-refractivity contribution in [2.24, 2.45) is 11.7 Å². The number of thiophene rings is 1. The first kappa shape index (κ1) is 11.6. The van der Waals surface area contributed by atoms with Gasteiger partial charge in [0, 0.05) is 17.5 Å². The molecule has 1 aromatic rings. The fourth-order valence-corrected chi connectivity index (χ4v) is 3.52. The lowest BCUT2D eigenvalue weighted by atomic mass is 9.92. The zero-order chi connectivity index (χ0) is 10.7. The third-order valence-corrected chi connectivity index (χ3v) is 4.51. The van der Waals surface area contributed by atoms with E-state index in [1.54, 1.807) is 11.3 Å². The average molecular weight is 290 g/mol. The van der Waals surface area contributed by atoms with Gasteiger partial charge in [-0.3, -0.25) is 0 Å². The van der Waals surface area contributed by atoms with Gasteiger partial charge >= 0.3 is 0 Å². The second kappa shape index (κ2) is 5.43. The molecule has 1 fully saturated rings. The summed E-state index contributed by atoms with van der Waals surface area (Å²) in [6.45, 7) is 1.75. The molecule has 0 spiro atoms. The lowest BCUT2D eigenvalue weighted by Crippen LogP contribution is -2.37. The highest BCUT2D eigenvalue weighted by molar-refractivity contribution is 9.11. The zero-order valence-corrected chi connectivity index (χ0v) is 11.0. The zero-order valence-electron chi connectivity index (χ0n) is 8.62. The first-order chi connectivity index (χ1) is 7.25. The predicted octanol–water partition coefficient (Wildman–Crippen LogP) is 2.81. The van der Waals surface area contributed by atoms with Crippen molar-refractivity contribution in [1.29, 1.82) is 0 Å². The Labute approximate surface area is 103 Å². The number of halogens is 1. The lowest BCUT2D eigenvalue weighted by Gasteiger charge is -2.27. The normalized spacial score (nSPS) is 24.0. The van der Waals surface area contributed by atoms with Crippen LogP contribution < -0.4 is 5.73 Å². The summed E-state index contributed by atoms with van der Waals surface area (Å²) in [6.07, 6.45) is 3.35. The van der Waals surface area contributed by atoms with Crippen LogP contribution in [-0.2, 0) is 11.2 Å². The Balaban J connectivity index is 1.88. The van der Waals surface area contributed by atoms with E-state index in [0.717, 1.165) is 26.1 Å². The lowest BCUT2D eigenvalue weighted by molar-refractivity contribution is 0.0451. The van der Waals surface area contributed by atoms with Gasteiger partial charge in [-0.05, 0) is 53.2 Å². The van der Waals surface area contributed by atoms with Crippen LogP contribution >= 0.6 is 27.3 Å². The summed E-state index contributed by atoms with van der Waals surface area (Å²) in [5.41, 5.74) is 6.20. The molecule has 0 amide bonds. The quantitative estimate of drug-likeness (QED) is 0.929. The molecule has 0 saturated carbocycles. The van der Waals surface area contributed by atoms with Gasteiger partial charge in [0.2, 0.25) is 0 Å². The van der Waals surface area contributed by atoms with Crippen LogP contribution in [0.2, 0.25) is 0 Å². The van der Waals surface area contributed by atoms with Crippen molar-refractivity contribution in [1.82, 2.24) is 0 Å². The summed E-state index contributed by atoms with van der Waals surface area (Å²) in [7, 11) is 0. The number of rotatable bonds is 3. The van der Waals surface area contributed by atoms with Crippen molar-refractivity contribution >= 4 is 27.3 Å². The molecule has 1 saturated heterocycles. The molecule has 2 N–H and O–H groups in total. The van der Waals surface area contributed by atoms with Crippen molar-refractivity contribution in [3.8, 4) is 0 Å². The molecule has 0 aromatic carbocycles. The summed E-state index contributed by atoms with van der Waals surface area (Å²) in [5.74, 6) is 0.541. The van der Waals surface area contributed by atoms with Crippen molar-refractivity contribution in [3.05, 3.63) is 20.8 Å². The predicted molar refractivity (Wildman–Crippen MR) is 67.2 cm³/mol. The molecule has 15 heavy (non-hydrogen) atoms. The van der Waals surface area contributed by atoms with Gasteiger partial charge in [0.1, 0.15) is 0 Å². The van der Waals surface area contributed by atoms with Crippen LogP contribution in [0, 0.1) is 5.92 Å². The van der Waals surface area contributed by atoms with Crippen LogP contribution in [0.3, 0.4) is 0 Å². The van der Waals surface area contributed by atoms with Crippen LogP contribution in [0.25, 0.3) is 0 Å². The standard InChI is InChI=1S/C11H16BrNOS/c12-11-4-3-9(15-11)6-10(13)8-2-1-5-14-7-8/h3-4,8,10H,1-2,5-7,13H2. The third-order valence-electron chi connectivity index (χ3n) is 2.87. The second-order valence-electron chi connectivity index (χ2n) is 4.05. The second-order valence-corrected chi connectivity index (χ2v) is 6.60. The smallest absolute Gasteiger partial charge is 0.0701 e. The number of ether oxygens (including phenoxy) is 1. The van der Waals surface area contributed by atoms with E-state index in [1.807, 2.05) is 0 Å². The Bertz CT molecular complexity index is 309. The van der Waals surface area contributed by atoms with E-state index in [2.05, 4.69) is 28.1 Å². The first-order valence-electron chi connectivity index (χ1n) is 5.33. The van der Waals surface area contributed by atoms with E-state index >= 15 is 0 Å². The van der Waals surface area contributed by atoms with Crippen LogP contribution in [0.4, 0.5) is 0 Å². The van der Waals surface area contributed by atoms with Gasteiger partial charge in [-0.15, -0.1) is 11.3 Å². The Morgan fingerprint density at radius 3 is 3.07 bits per heavy atom. The number of hydrogen-bond acceptors (Lipinski definition) is 3.